The van der Waals surface area contributed by atoms with Gasteiger partial charge >= 0.3 is 0 Å². The van der Waals surface area contributed by atoms with Crippen LogP contribution in [-0.2, 0) is 16.6 Å². The average Bonchev–Trinajstić information content (AvgIpc) is 2.79. The molecule has 0 bridgehead atoms. The Morgan fingerprint density at radius 1 is 0.818 bits per heavy atom. The summed E-state index contributed by atoms with van der Waals surface area (Å²) in [5, 5.41) is 5.09. The van der Waals surface area contributed by atoms with Crippen molar-refractivity contribution in [3.63, 3.8) is 0 Å². The Hall–Kier alpha value is -3.64. The van der Waals surface area contributed by atoms with Gasteiger partial charge in [-0.2, -0.15) is 0 Å². The molecule has 4 aromatic carbocycles. The zero-order valence-electron chi connectivity index (χ0n) is 18.9. The van der Waals surface area contributed by atoms with Crippen molar-refractivity contribution >= 4 is 38.1 Å². The van der Waals surface area contributed by atoms with E-state index in [1.807, 2.05) is 74.5 Å². The molecule has 0 atom stereocenters. The van der Waals surface area contributed by atoms with E-state index in [4.69, 9.17) is 0 Å². The molecule has 0 saturated carbocycles. The van der Waals surface area contributed by atoms with Crippen LogP contribution in [0.1, 0.15) is 27.0 Å². The van der Waals surface area contributed by atoms with Crippen molar-refractivity contribution < 1.29 is 13.2 Å². The van der Waals surface area contributed by atoms with Gasteiger partial charge in [0.1, 0.15) is 0 Å². The van der Waals surface area contributed by atoms with Gasteiger partial charge in [-0.25, -0.2) is 8.42 Å². The van der Waals surface area contributed by atoms with E-state index >= 15 is 0 Å². The van der Waals surface area contributed by atoms with Crippen LogP contribution in [-0.4, -0.2) is 20.6 Å². The molecular formula is C27H26N2O3S. The van der Waals surface area contributed by atoms with Crippen LogP contribution in [0.5, 0.6) is 0 Å². The lowest BCUT2D eigenvalue weighted by molar-refractivity contribution is 0.102. The molecule has 4 aromatic rings. The number of hydrogen-bond acceptors (Lipinski definition) is 3. The fraction of sp³-hybridized carbons (Fsp3) is 0.148. The first-order valence-electron chi connectivity index (χ1n) is 10.6. The second-order valence-electron chi connectivity index (χ2n) is 8.25. The summed E-state index contributed by atoms with van der Waals surface area (Å²) in [5.74, 6) is -0.217. The highest BCUT2D eigenvalue weighted by atomic mass is 32.2. The Kier molecular flexibility index (Phi) is 6.20. The predicted octanol–water partition coefficient (Wildman–Crippen LogP) is 5.68. The van der Waals surface area contributed by atoms with Gasteiger partial charge < -0.3 is 5.32 Å². The second-order valence-corrected chi connectivity index (χ2v) is 10.2. The molecule has 0 saturated heterocycles. The molecule has 6 heteroatoms. The summed E-state index contributed by atoms with van der Waals surface area (Å²) >= 11 is 0. The molecule has 0 radical (unpaired) electrons. The van der Waals surface area contributed by atoms with Crippen molar-refractivity contribution in [2.24, 2.45) is 0 Å². The number of rotatable bonds is 6. The third-order valence-corrected chi connectivity index (χ3v) is 6.87. The molecule has 0 unspecified atom stereocenters. The molecule has 1 N–H and O–H groups in total. The van der Waals surface area contributed by atoms with Crippen LogP contribution in [0.4, 0.5) is 11.4 Å². The summed E-state index contributed by atoms with van der Waals surface area (Å²) in [4.78, 5) is 12.7. The van der Waals surface area contributed by atoms with Crippen LogP contribution in [0.3, 0.4) is 0 Å². The van der Waals surface area contributed by atoms with Crippen LogP contribution in [0.15, 0.2) is 84.9 Å². The van der Waals surface area contributed by atoms with Crippen molar-refractivity contribution in [1.29, 1.82) is 0 Å². The molecule has 0 fully saturated rings. The van der Waals surface area contributed by atoms with E-state index < -0.39 is 10.0 Å². The van der Waals surface area contributed by atoms with Crippen LogP contribution < -0.4 is 9.62 Å². The van der Waals surface area contributed by atoms with Gasteiger partial charge in [-0.05, 0) is 77.7 Å². The Morgan fingerprint density at radius 3 is 2.18 bits per heavy atom. The first kappa shape index (κ1) is 22.6. The van der Waals surface area contributed by atoms with Gasteiger partial charge in [-0.1, -0.05) is 48.5 Å². The molecular weight excluding hydrogens is 432 g/mol. The normalized spacial score (nSPS) is 11.4. The van der Waals surface area contributed by atoms with E-state index in [0.717, 1.165) is 33.2 Å². The SMILES string of the molecule is Cc1ccc(N(Cc2ccc(C(=O)Nc3ccc4ccccc4c3)cc2)S(C)(=O)=O)cc1C. The third kappa shape index (κ3) is 5.23. The number of fused-ring (bicyclic) bond motifs is 1. The number of amides is 1. The van der Waals surface area contributed by atoms with Gasteiger partial charge in [0.2, 0.25) is 10.0 Å². The van der Waals surface area contributed by atoms with Crippen molar-refractivity contribution in [3.05, 3.63) is 107 Å². The Bertz CT molecular complexity index is 1430. The fourth-order valence-electron chi connectivity index (χ4n) is 3.68. The number of carbonyl (C=O) groups excluding carboxylic acids is 1. The Balaban J connectivity index is 1.51. The summed E-state index contributed by atoms with van der Waals surface area (Å²) in [5.41, 5.74) is 4.78. The van der Waals surface area contributed by atoms with Gasteiger partial charge in [-0.15, -0.1) is 0 Å². The highest BCUT2D eigenvalue weighted by Crippen LogP contribution is 2.24. The zero-order valence-corrected chi connectivity index (χ0v) is 19.7. The molecule has 33 heavy (non-hydrogen) atoms. The summed E-state index contributed by atoms with van der Waals surface area (Å²) in [6, 6.07) is 26.4. The monoisotopic (exact) mass is 458 g/mol. The molecule has 1 amide bonds. The third-order valence-electron chi connectivity index (χ3n) is 5.73. The predicted molar refractivity (Wildman–Crippen MR) is 135 cm³/mol. The number of carbonyl (C=O) groups is 1. The largest absolute Gasteiger partial charge is 0.322 e. The maximum absolute atomic E-state index is 12.7. The van der Waals surface area contributed by atoms with Crippen LogP contribution in [0.25, 0.3) is 10.8 Å². The maximum atomic E-state index is 12.7. The lowest BCUT2D eigenvalue weighted by Gasteiger charge is -2.23. The van der Waals surface area contributed by atoms with Gasteiger partial charge in [0, 0.05) is 11.3 Å². The van der Waals surface area contributed by atoms with E-state index in [9.17, 15) is 13.2 Å². The van der Waals surface area contributed by atoms with E-state index in [-0.39, 0.29) is 12.5 Å². The average molecular weight is 459 g/mol. The van der Waals surface area contributed by atoms with Crippen molar-refractivity contribution in [2.75, 3.05) is 15.9 Å². The first-order valence-corrected chi connectivity index (χ1v) is 12.5. The Morgan fingerprint density at radius 2 is 1.52 bits per heavy atom. The van der Waals surface area contributed by atoms with E-state index in [1.54, 1.807) is 24.3 Å². The van der Waals surface area contributed by atoms with Crippen molar-refractivity contribution in [1.82, 2.24) is 0 Å². The number of aryl methyl sites for hydroxylation is 2. The highest BCUT2D eigenvalue weighted by Gasteiger charge is 2.18. The van der Waals surface area contributed by atoms with Crippen LogP contribution in [0, 0.1) is 13.8 Å². The zero-order chi connectivity index (χ0) is 23.6. The summed E-state index contributed by atoms with van der Waals surface area (Å²) in [7, 11) is -3.48. The topological polar surface area (TPSA) is 66.5 Å². The van der Waals surface area contributed by atoms with Gasteiger partial charge in [0.25, 0.3) is 5.91 Å². The number of sulfonamides is 1. The molecule has 0 aliphatic rings. The second kappa shape index (κ2) is 9.08. The number of nitrogens with one attached hydrogen (secondary N) is 1. The minimum atomic E-state index is -3.48. The molecule has 0 heterocycles. The van der Waals surface area contributed by atoms with E-state index in [1.165, 1.54) is 10.6 Å². The number of benzene rings is 4. The molecule has 5 nitrogen and oxygen atoms in total. The van der Waals surface area contributed by atoms with Crippen molar-refractivity contribution in [3.8, 4) is 0 Å². The van der Waals surface area contributed by atoms with Gasteiger partial charge in [0.05, 0.1) is 18.5 Å². The molecule has 0 aromatic heterocycles. The number of nitrogens with zero attached hydrogens (tertiary/aromatic N) is 1. The molecule has 0 aliphatic carbocycles. The lowest BCUT2D eigenvalue weighted by atomic mass is 10.1. The van der Waals surface area contributed by atoms with Crippen LogP contribution >= 0.6 is 0 Å². The molecule has 168 valence electrons. The summed E-state index contributed by atoms with van der Waals surface area (Å²) in [6.07, 6.45) is 1.20. The summed E-state index contributed by atoms with van der Waals surface area (Å²) in [6.45, 7) is 4.14. The quantitative estimate of drug-likeness (QED) is 0.404. The minimum Gasteiger partial charge on any atom is -0.322 e. The fourth-order valence-corrected chi connectivity index (χ4v) is 4.56. The van der Waals surface area contributed by atoms with E-state index in [2.05, 4.69) is 5.32 Å². The first-order chi connectivity index (χ1) is 15.7. The highest BCUT2D eigenvalue weighted by molar-refractivity contribution is 7.92. The van der Waals surface area contributed by atoms with E-state index in [0.29, 0.717) is 11.3 Å². The van der Waals surface area contributed by atoms with Gasteiger partial charge in [0.15, 0.2) is 0 Å². The Labute approximate surface area is 194 Å². The van der Waals surface area contributed by atoms with Gasteiger partial charge in [-0.3, -0.25) is 9.10 Å². The number of hydrogen-bond donors (Lipinski definition) is 1. The molecule has 4 rings (SSSR count). The molecule has 0 aliphatic heterocycles. The summed E-state index contributed by atoms with van der Waals surface area (Å²) < 4.78 is 26.3. The molecule has 0 spiro atoms. The minimum absolute atomic E-state index is 0.188. The van der Waals surface area contributed by atoms with Crippen LogP contribution in [0.2, 0.25) is 0 Å². The standard InChI is InChI=1S/C27H26N2O3S/c1-19-8-15-26(16-20(19)2)29(33(3,31)32)18-21-9-11-23(12-10-21)27(30)28-25-14-13-22-6-4-5-7-24(22)17-25/h4-17H,18H2,1-3H3,(H,28,30). The number of anilines is 2. The maximum Gasteiger partial charge on any atom is 0.255 e. The van der Waals surface area contributed by atoms with Crippen molar-refractivity contribution in [2.45, 2.75) is 20.4 Å². The smallest absolute Gasteiger partial charge is 0.255 e. The lowest BCUT2D eigenvalue weighted by Crippen LogP contribution is -2.29.